The van der Waals surface area contributed by atoms with Crippen molar-refractivity contribution < 1.29 is 26.7 Å². The molecule has 0 bridgehead atoms. The molecule has 1 unspecified atom stereocenters. The fraction of sp³-hybridized carbons (Fsp3) is 0.357. The van der Waals surface area contributed by atoms with E-state index in [1.54, 1.807) is 0 Å². The van der Waals surface area contributed by atoms with E-state index in [2.05, 4.69) is 0 Å². The third kappa shape index (κ3) is 3.62. The van der Waals surface area contributed by atoms with Gasteiger partial charge in [0, 0.05) is 12.1 Å². The number of hydrogen-bond acceptors (Lipinski definition) is 2. The lowest BCUT2D eigenvalue weighted by molar-refractivity contribution is -0.160. The van der Waals surface area contributed by atoms with Gasteiger partial charge in [0.1, 0.15) is 6.54 Å². The minimum atomic E-state index is -4.61. The number of nitrogens with two attached hydrogens (primary N) is 1. The van der Waals surface area contributed by atoms with Gasteiger partial charge in [-0.25, -0.2) is 8.78 Å². The summed E-state index contributed by atoms with van der Waals surface area (Å²) in [6, 6.07) is 2.25. The Morgan fingerprint density at radius 2 is 1.95 bits per heavy atom. The first-order chi connectivity index (χ1) is 10.2. The molecule has 0 spiro atoms. The molecule has 120 valence electrons. The Morgan fingerprint density at radius 3 is 2.59 bits per heavy atom. The molecule has 2 rings (SSSR count). The lowest BCUT2D eigenvalue weighted by atomic mass is 10.0. The number of halogens is 5. The Labute approximate surface area is 123 Å². The second-order valence-electron chi connectivity index (χ2n) is 4.98. The van der Waals surface area contributed by atoms with Crippen molar-refractivity contribution in [3.05, 3.63) is 41.5 Å². The van der Waals surface area contributed by atoms with Gasteiger partial charge in [0.15, 0.2) is 11.6 Å². The quantitative estimate of drug-likeness (QED) is 0.851. The van der Waals surface area contributed by atoms with Crippen LogP contribution in [0.5, 0.6) is 0 Å². The van der Waals surface area contributed by atoms with Crippen LogP contribution in [0.25, 0.3) is 5.57 Å². The summed E-state index contributed by atoms with van der Waals surface area (Å²) in [5, 5.41) is 0. The number of amides is 1. The average molecular weight is 320 g/mol. The van der Waals surface area contributed by atoms with E-state index in [9.17, 15) is 26.7 Å². The lowest BCUT2D eigenvalue weighted by Gasteiger charge is -2.25. The van der Waals surface area contributed by atoms with Crippen molar-refractivity contribution in [3.63, 3.8) is 0 Å². The standard InChI is InChI=1S/C14H13F5N2O/c15-10-3-1-2-9(12(10)16)8-4-5-11(20)13(22)21(6-8)7-14(17,18)19/h1-4,11H,5-7,20H2. The smallest absolute Gasteiger partial charge is 0.328 e. The summed E-state index contributed by atoms with van der Waals surface area (Å²) < 4.78 is 64.7. The molecule has 1 amide bonds. The second kappa shape index (κ2) is 6.04. The summed E-state index contributed by atoms with van der Waals surface area (Å²) in [6.45, 7) is -1.97. The van der Waals surface area contributed by atoms with E-state index in [0.717, 1.165) is 6.07 Å². The first kappa shape index (κ1) is 16.4. The van der Waals surface area contributed by atoms with Crippen LogP contribution in [-0.4, -0.2) is 36.1 Å². The van der Waals surface area contributed by atoms with E-state index >= 15 is 0 Å². The van der Waals surface area contributed by atoms with Crippen molar-refractivity contribution >= 4 is 11.5 Å². The average Bonchev–Trinajstić information content (AvgIpc) is 2.54. The molecule has 1 atom stereocenters. The van der Waals surface area contributed by atoms with Gasteiger partial charge >= 0.3 is 6.18 Å². The van der Waals surface area contributed by atoms with Gasteiger partial charge in [-0.05, 0) is 18.1 Å². The number of alkyl halides is 3. The number of carbonyl (C=O) groups is 1. The van der Waals surface area contributed by atoms with E-state index < -0.39 is 42.8 Å². The maximum absolute atomic E-state index is 13.8. The van der Waals surface area contributed by atoms with Gasteiger partial charge < -0.3 is 10.6 Å². The molecular formula is C14H13F5N2O. The van der Waals surface area contributed by atoms with Gasteiger partial charge in [-0.2, -0.15) is 13.2 Å². The number of benzene rings is 1. The molecule has 22 heavy (non-hydrogen) atoms. The first-order valence-electron chi connectivity index (χ1n) is 6.43. The van der Waals surface area contributed by atoms with Crippen LogP contribution >= 0.6 is 0 Å². The SMILES string of the molecule is NC1CC=C(c2cccc(F)c2F)CN(CC(F)(F)F)C1=O. The first-order valence-corrected chi connectivity index (χ1v) is 6.43. The normalized spacial score (nSPS) is 19.9. The van der Waals surface area contributed by atoms with Crippen LogP contribution < -0.4 is 5.73 Å². The van der Waals surface area contributed by atoms with Gasteiger partial charge in [-0.1, -0.05) is 18.2 Å². The Bertz CT molecular complexity index is 612. The van der Waals surface area contributed by atoms with Gasteiger partial charge in [0.25, 0.3) is 0 Å². The van der Waals surface area contributed by atoms with Crippen LogP contribution in [0.15, 0.2) is 24.3 Å². The van der Waals surface area contributed by atoms with Crippen molar-refractivity contribution in [2.24, 2.45) is 5.73 Å². The molecule has 0 saturated carbocycles. The van der Waals surface area contributed by atoms with Gasteiger partial charge in [0.2, 0.25) is 5.91 Å². The Hall–Kier alpha value is -1.96. The fourth-order valence-electron chi connectivity index (χ4n) is 2.25. The fourth-order valence-corrected chi connectivity index (χ4v) is 2.25. The molecule has 8 heteroatoms. The highest BCUT2D eigenvalue weighted by molar-refractivity contribution is 5.85. The summed E-state index contributed by atoms with van der Waals surface area (Å²) in [6.07, 6.45) is -3.28. The van der Waals surface area contributed by atoms with E-state index in [1.807, 2.05) is 0 Å². The van der Waals surface area contributed by atoms with Crippen LogP contribution in [0.3, 0.4) is 0 Å². The minimum absolute atomic E-state index is 0.0432. The topological polar surface area (TPSA) is 46.3 Å². The summed E-state index contributed by atoms with van der Waals surface area (Å²) >= 11 is 0. The second-order valence-corrected chi connectivity index (χ2v) is 4.98. The van der Waals surface area contributed by atoms with Gasteiger partial charge in [-0.15, -0.1) is 0 Å². The summed E-state index contributed by atoms with van der Waals surface area (Å²) in [7, 11) is 0. The van der Waals surface area contributed by atoms with E-state index in [-0.39, 0.29) is 17.6 Å². The third-order valence-corrected chi connectivity index (χ3v) is 3.28. The number of hydrogen-bond donors (Lipinski definition) is 1. The molecule has 0 aliphatic carbocycles. The third-order valence-electron chi connectivity index (χ3n) is 3.28. The summed E-state index contributed by atoms with van der Waals surface area (Å²) in [5.41, 5.74) is 5.45. The van der Waals surface area contributed by atoms with Crippen LogP contribution in [0, 0.1) is 11.6 Å². The number of carbonyl (C=O) groups excluding carboxylic acids is 1. The predicted molar refractivity (Wildman–Crippen MR) is 69.6 cm³/mol. The zero-order valence-corrected chi connectivity index (χ0v) is 11.3. The monoisotopic (exact) mass is 320 g/mol. The van der Waals surface area contributed by atoms with E-state index in [1.165, 1.54) is 18.2 Å². The molecule has 1 aliphatic rings. The molecule has 0 saturated heterocycles. The molecule has 1 aromatic carbocycles. The molecule has 1 aromatic rings. The lowest BCUT2D eigenvalue weighted by Crippen LogP contribution is -2.46. The zero-order valence-electron chi connectivity index (χ0n) is 11.3. The van der Waals surface area contributed by atoms with E-state index in [0.29, 0.717) is 4.90 Å². The van der Waals surface area contributed by atoms with Crippen molar-refractivity contribution in [3.8, 4) is 0 Å². The van der Waals surface area contributed by atoms with Gasteiger partial charge in [0.05, 0.1) is 6.04 Å². The van der Waals surface area contributed by atoms with Crippen LogP contribution in [0.4, 0.5) is 22.0 Å². The molecule has 0 radical (unpaired) electrons. The summed E-state index contributed by atoms with van der Waals surface area (Å²) in [4.78, 5) is 12.4. The molecular weight excluding hydrogens is 307 g/mol. The van der Waals surface area contributed by atoms with Gasteiger partial charge in [-0.3, -0.25) is 4.79 Å². The van der Waals surface area contributed by atoms with Crippen molar-refractivity contribution in [2.75, 3.05) is 13.1 Å². The molecule has 3 nitrogen and oxygen atoms in total. The number of nitrogens with zero attached hydrogens (tertiary/aromatic N) is 1. The Morgan fingerprint density at radius 1 is 1.27 bits per heavy atom. The van der Waals surface area contributed by atoms with E-state index in [4.69, 9.17) is 5.73 Å². The maximum atomic E-state index is 13.8. The Balaban J connectivity index is 2.36. The summed E-state index contributed by atoms with van der Waals surface area (Å²) in [5.74, 6) is -3.15. The highest BCUT2D eigenvalue weighted by Crippen LogP contribution is 2.26. The highest BCUT2D eigenvalue weighted by atomic mass is 19.4. The molecule has 1 aliphatic heterocycles. The molecule has 2 N–H and O–H groups in total. The van der Waals surface area contributed by atoms with Crippen LogP contribution in [0.2, 0.25) is 0 Å². The zero-order chi connectivity index (χ0) is 16.5. The maximum Gasteiger partial charge on any atom is 0.406 e. The molecule has 1 heterocycles. The van der Waals surface area contributed by atoms with Crippen LogP contribution in [0.1, 0.15) is 12.0 Å². The largest absolute Gasteiger partial charge is 0.406 e. The van der Waals surface area contributed by atoms with Crippen molar-refractivity contribution in [1.82, 2.24) is 4.90 Å². The van der Waals surface area contributed by atoms with Crippen LogP contribution in [-0.2, 0) is 4.79 Å². The Kier molecular flexibility index (Phi) is 4.50. The molecule has 0 aromatic heterocycles. The number of rotatable bonds is 2. The van der Waals surface area contributed by atoms with Crippen molar-refractivity contribution in [2.45, 2.75) is 18.6 Å². The molecule has 0 fully saturated rings. The van der Waals surface area contributed by atoms with Crippen molar-refractivity contribution in [1.29, 1.82) is 0 Å². The highest BCUT2D eigenvalue weighted by Gasteiger charge is 2.36. The predicted octanol–water partition coefficient (Wildman–Crippen LogP) is 2.47. The minimum Gasteiger partial charge on any atom is -0.328 e.